The van der Waals surface area contributed by atoms with Crippen molar-refractivity contribution in [3.8, 4) is 0 Å². The van der Waals surface area contributed by atoms with Crippen LogP contribution in [0.1, 0.15) is 20.3 Å². The summed E-state index contributed by atoms with van der Waals surface area (Å²) >= 11 is 0. The summed E-state index contributed by atoms with van der Waals surface area (Å²) in [5.74, 6) is 0. The van der Waals surface area contributed by atoms with Gasteiger partial charge in [-0.25, -0.2) is 13.1 Å². The first-order valence-corrected chi connectivity index (χ1v) is 7.45. The van der Waals surface area contributed by atoms with Crippen LogP contribution in [0.2, 0.25) is 0 Å². The zero-order chi connectivity index (χ0) is 13.6. The van der Waals surface area contributed by atoms with Gasteiger partial charge in [0, 0.05) is 12.6 Å². The molecular weight excluding hydrogens is 248 g/mol. The van der Waals surface area contributed by atoms with Crippen LogP contribution in [0.4, 0.5) is 5.69 Å². The van der Waals surface area contributed by atoms with E-state index in [-0.39, 0.29) is 10.9 Å². The van der Waals surface area contributed by atoms with E-state index in [9.17, 15) is 8.42 Å². The Balaban J connectivity index is 3.03. The fourth-order valence-electron chi connectivity index (χ4n) is 1.66. The van der Waals surface area contributed by atoms with Gasteiger partial charge >= 0.3 is 0 Å². The molecule has 5 heteroatoms. The molecule has 4 nitrogen and oxygen atoms in total. The summed E-state index contributed by atoms with van der Waals surface area (Å²) in [6, 6.07) is 7.03. The van der Waals surface area contributed by atoms with Crippen molar-refractivity contribution in [1.29, 1.82) is 0 Å². The van der Waals surface area contributed by atoms with E-state index in [0.717, 1.165) is 6.42 Å². The van der Waals surface area contributed by atoms with Crippen molar-refractivity contribution < 1.29 is 8.42 Å². The minimum absolute atomic E-state index is 0.139. The van der Waals surface area contributed by atoms with Crippen molar-refractivity contribution in [3.05, 3.63) is 36.9 Å². The molecule has 0 aliphatic carbocycles. The first kappa shape index (κ1) is 14.7. The largest absolute Gasteiger partial charge is 0.381 e. The van der Waals surface area contributed by atoms with Crippen LogP contribution < -0.4 is 10.0 Å². The van der Waals surface area contributed by atoms with E-state index in [4.69, 9.17) is 0 Å². The third-order valence-electron chi connectivity index (χ3n) is 2.43. The highest BCUT2D eigenvalue weighted by atomic mass is 32.2. The highest BCUT2D eigenvalue weighted by Gasteiger charge is 2.17. The van der Waals surface area contributed by atoms with Crippen LogP contribution in [0.25, 0.3) is 0 Å². The van der Waals surface area contributed by atoms with E-state index in [1.54, 1.807) is 31.2 Å². The van der Waals surface area contributed by atoms with E-state index >= 15 is 0 Å². The second kappa shape index (κ2) is 6.56. The molecule has 0 fully saturated rings. The predicted molar refractivity (Wildman–Crippen MR) is 75.2 cm³/mol. The first-order chi connectivity index (χ1) is 8.51. The molecule has 1 rings (SSSR count). The average molecular weight is 268 g/mol. The van der Waals surface area contributed by atoms with E-state index in [1.807, 2.05) is 13.0 Å². The van der Waals surface area contributed by atoms with Crippen LogP contribution in [-0.2, 0) is 10.0 Å². The summed E-state index contributed by atoms with van der Waals surface area (Å²) in [7, 11) is -3.44. The van der Waals surface area contributed by atoms with E-state index in [1.165, 1.54) is 0 Å². The maximum atomic E-state index is 12.0. The molecule has 0 heterocycles. The number of para-hydroxylation sites is 1. The molecule has 0 radical (unpaired) electrons. The highest BCUT2D eigenvalue weighted by Crippen LogP contribution is 2.21. The highest BCUT2D eigenvalue weighted by molar-refractivity contribution is 7.89. The van der Waals surface area contributed by atoms with Crippen molar-refractivity contribution in [1.82, 2.24) is 4.72 Å². The first-order valence-electron chi connectivity index (χ1n) is 5.97. The summed E-state index contributed by atoms with van der Waals surface area (Å²) in [6.45, 7) is 7.79. The minimum atomic E-state index is -3.44. The second-order valence-electron chi connectivity index (χ2n) is 4.07. The van der Waals surface area contributed by atoms with Crippen molar-refractivity contribution >= 4 is 15.7 Å². The van der Waals surface area contributed by atoms with Crippen molar-refractivity contribution in [3.63, 3.8) is 0 Å². The molecule has 0 aliphatic heterocycles. The van der Waals surface area contributed by atoms with Crippen molar-refractivity contribution in [2.45, 2.75) is 31.2 Å². The molecule has 2 N–H and O–H groups in total. The van der Waals surface area contributed by atoms with E-state index in [0.29, 0.717) is 12.2 Å². The monoisotopic (exact) mass is 268 g/mol. The van der Waals surface area contributed by atoms with E-state index < -0.39 is 10.0 Å². The van der Waals surface area contributed by atoms with Gasteiger partial charge in [-0.05, 0) is 25.5 Å². The Morgan fingerprint density at radius 1 is 1.39 bits per heavy atom. The lowest BCUT2D eigenvalue weighted by atomic mass is 10.2. The topological polar surface area (TPSA) is 58.2 Å². The SMILES string of the molecule is C=CCC(C)Nc1ccccc1S(=O)(=O)NCC. The second-order valence-corrected chi connectivity index (χ2v) is 5.80. The lowest BCUT2D eigenvalue weighted by Crippen LogP contribution is -2.25. The summed E-state index contributed by atoms with van der Waals surface area (Å²) < 4.78 is 26.5. The fourth-order valence-corrected chi connectivity index (χ4v) is 2.87. The van der Waals surface area contributed by atoms with Gasteiger partial charge in [0.1, 0.15) is 4.90 Å². The Kier molecular flexibility index (Phi) is 5.37. The standard InChI is InChI=1S/C13H20N2O2S/c1-4-8-11(3)15-12-9-6-7-10-13(12)18(16,17)14-5-2/h4,6-7,9-11,14-15H,1,5,8H2,2-3H3. The lowest BCUT2D eigenvalue weighted by molar-refractivity contribution is 0.584. The van der Waals surface area contributed by atoms with Crippen LogP contribution in [-0.4, -0.2) is 21.0 Å². The average Bonchev–Trinajstić information content (AvgIpc) is 2.29. The van der Waals surface area contributed by atoms with Gasteiger partial charge in [-0.15, -0.1) is 6.58 Å². The Hall–Kier alpha value is -1.33. The van der Waals surface area contributed by atoms with Gasteiger partial charge in [-0.2, -0.15) is 0 Å². The van der Waals surface area contributed by atoms with Gasteiger partial charge in [-0.1, -0.05) is 25.1 Å². The molecule has 0 bridgehead atoms. The summed E-state index contributed by atoms with van der Waals surface area (Å²) in [6.07, 6.45) is 2.58. The summed E-state index contributed by atoms with van der Waals surface area (Å²) in [5, 5.41) is 3.19. The van der Waals surface area contributed by atoms with Crippen LogP contribution in [0.5, 0.6) is 0 Å². The molecule has 18 heavy (non-hydrogen) atoms. The third kappa shape index (κ3) is 3.85. The Morgan fingerprint density at radius 2 is 2.06 bits per heavy atom. The Bertz CT molecular complexity index is 497. The van der Waals surface area contributed by atoms with Gasteiger partial charge in [0.05, 0.1) is 5.69 Å². The van der Waals surface area contributed by atoms with Gasteiger partial charge in [-0.3, -0.25) is 0 Å². The Morgan fingerprint density at radius 3 is 2.67 bits per heavy atom. The number of nitrogens with one attached hydrogen (secondary N) is 2. The number of rotatable bonds is 7. The van der Waals surface area contributed by atoms with Gasteiger partial charge < -0.3 is 5.32 Å². The number of hydrogen-bond acceptors (Lipinski definition) is 3. The van der Waals surface area contributed by atoms with Crippen LogP contribution >= 0.6 is 0 Å². The summed E-state index contributed by atoms with van der Waals surface area (Å²) in [4.78, 5) is 0.280. The molecule has 0 saturated heterocycles. The third-order valence-corrected chi connectivity index (χ3v) is 4.04. The van der Waals surface area contributed by atoms with Crippen molar-refractivity contribution in [2.75, 3.05) is 11.9 Å². The number of benzene rings is 1. The smallest absolute Gasteiger partial charge is 0.242 e. The molecular formula is C13H20N2O2S. The number of sulfonamides is 1. The molecule has 0 aromatic heterocycles. The lowest BCUT2D eigenvalue weighted by Gasteiger charge is -2.17. The molecule has 0 aliphatic rings. The molecule has 0 spiro atoms. The zero-order valence-corrected chi connectivity index (χ0v) is 11.6. The quantitative estimate of drug-likeness (QED) is 0.746. The van der Waals surface area contributed by atoms with Gasteiger partial charge in [0.15, 0.2) is 0 Å². The molecule has 100 valence electrons. The maximum Gasteiger partial charge on any atom is 0.242 e. The maximum absolute atomic E-state index is 12.0. The Labute approximate surface area is 109 Å². The fraction of sp³-hybridized carbons (Fsp3) is 0.385. The molecule has 1 aromatic carbocycles. The van der Waals surface area contributed by atoms with Crippen LogP contribution in [0, 0.1) is 0 Å². The molecule has 0 amide bonds. The summed E-state index contributed by atoms with van der Waals surface area (Å²) in [5.41, 5.74) is 0.618. The molecule has 0 saturated carbocycles. The van der Waals surface area contributed by atoms with Crippen LogP contribution in [0.3, 0.4) is 0 Å². The van der Waals surface area contributed by atoms with Gasteiger partial charge in [0.25, 0.3) is 0 Å². The normalized spacial score (nSPS) is 13.0. The molecule has 1 atom stereocenters. The van der Waals surface area contributed by atoms with Crippen molar-refractivity contribution in [2.24, 2.45) is 0 Å². The van der Waals surface area contributed by atoms with E-state index in [2.05, 4.69) is 16.6 Å². The number of hydrogen-bond donors (Lipinski definition) is 2. The van der Waals surface area contributed by atoms with Crippen LogP contribution in [0.15, 0.2) is 41.8 Å². The number of anilines is 1. The molecule has 1 unspecified atom stereocenters. The van der Waals surface area contributed by atoms with Gasteiger partial charge in [0.2, 0.25) is 10.0 Å². The minimum Gasteiger partial charge on any atom is -0.381 e. The zero-order valence-electron chi connectivity index (χ0n) is 10.8. The predicted octanol–water partition coefficient (Wildman–Crippen LogP) is 2.36. The molecule has 1 aromatic rings.